The summed E-state index contributed by atoms with van der Waals surface area (Å²) in [7, 11) is 1.62. The van der Waals surface area contributed by atoms with Gasteiger partial charge in [0.2, 0.25) is 0 Å². The van der Waals surface area contributed by atoms with Crippen LogP contribution < -0.4 is 0 Å². The topological polar surface area (TPSA) is 91.3 Å². The molecule has 370 valence electrons. The Kier molecular flexibility index (Phi) is 45.1. The van der Waals surface area contributed by atoms with Gasteiger partial charge >= 0.3 is 13.8 Å². The van der Waals surface area contributed by atoms with Crippen LogP contribution in [0.2, 0.25) is 0 Å². The van der Waals surface area contributed by atoms with Gasteiger partial charge in [0.1, 0.15) is 19.3 Å². The summed E-state index contributed by atoms with van der Waals surface area (Å²) in [5.41, 5.74) is 0. The molecular formula is C56H95NO7P+. The molecule has 0 aromatic carbocycles. The number of carbonyl (C=O) groups is 1. The van der Waals surface area contributed by atoms with E-state index in [0.717, 1.165) is 128 Å². The molecule has 9 heteroatoms. The van der Waals surface area contributed by atoms with Crippen LogP contribution in [-0.2, 0) is 27.9 Å². The third-order valence-corrected chi connectivity index (χ3v) is 11.0. The van der Waals surface area contributed by atoms with Crippen LogP contribution in [0.15, 0.2) is 122 Å². The van der Waals surface area contributed by atoms with Crippen LogP contribution in [0.1, 0.15) is 168 Å². The van der Waals surface area contributed by atoms with Crippen molar-refractivity contribution in [3.8, 4) is 0 Å². The molecule has 0 saturated carbocycles. The number of nitrogens with zero attached hydrogens (tertiary/aromatic N) is 1. The van der Waals surface area contributed by atoms with Crippen molar-refractivity contribution in [3.05, 3.63) is 122 Å². The van der Waals surface area contributed by atoms with Gasteiger partial charge in [-0.2, -0.15) is 0 Å². The molecule has 0 rings (SSSR count). The zero-order chi connectivity index (χ0) is 47.6. The van der Waals surface area contributed by atoms with Gasteiger partial charge in [0.05, 0.1) is 34.4 Å². The van der Waals surface area contributed by atoms with Crippen LogP contribution in [0.4, 0.5) is 0 Å². The number of unbranched alkanes of at least 4 members (excludes halogenated alkanes) is 11. The molecule has 0 aromatic heterocycles. The molecule has 0 aliphatic carbocycles. The first-order valence-corrected chi connectivity index (χ1v) is 26.8. The van der Waals surface area contributed by atoms with Crippen molar-refractivity contribution < 1.29 is 37.3 Å². The molecule has 0 aliphatic rings. The molecule has 0 amide bonds. The van der Waals surface area contributed by atoms with Gasteiger partial charge in [0.25, 0.3) is 0 Å². The largest absolute Gasteiger partial charge is 0.472 e. The molecule has 1 N–H and O–H groups in total. The molecule has 0 radical (unpaired) electrons. The van der Waals surface area contributed by atoms with Gasteiger partial charge in [0, 0.05) is 13.0 Å². The Balaban J connectivity index is 4.28. The number of likely N-dealkylation sites (N-methyl/N-ethyl adjacent to an activating group) is 1. The highest BCUT2D eigenvalue weighted by atomic mass is 31.2. The van der Waals surface area contributed by atoms with Crippen molar-refractivity contribution in [2.75, 3.05) is 54.1 Å². The monoisotopic (exact) mass is 925 g/mol. The smallest absolute Gasteiger partial charge is 0.457 e. The molecule has 0 spiro atoms. The minimum Gasteiger partial charge on any atom is -0.457 e. The van der Waals surface area contributed by atoms with Crippen molar-refractivity contribution in [1.82, 2.24) is 0 Å². The van der Waals surface area contributed by atoms with Crippen molar-refractivity contribution in [2.24, 2.45) is 0 Å². The summed E-state index contributed by atoms with van der Waals surface area (Å²) in [6.07, 6.45) is 68.1. The maximum atomic E-state index is 12.8. The maximum absolute atomic E-state index is 12.8. The van der Waals surface area contributed by atoms with Crippen molar-refractivity contribution in [2.45, 2.75) is 174 Å². The lowest BCUT2D eigenvalue weighted by Gasteiger charge is -2.24. The average Bonchev–Trinajstić information content (AvgIpc) is 3.27. The van der Waals surface area contributed by atoms with Gasteiger partial charge in [-0.25, -0.2) is 4.57 Å². The van der Waals surface area contributed by atoms with E-state index < -0.39 is 13.9 Å². The zero-order valence-electron chi connectivity index (χ0n) is 41.9. The van der Waals surface area contributed by atoms with E-state index in [1.807, 2.05) is 21.1 Å². The number of ether oxygens (including phenoxy) is 2. The Morgan fingerprint density at radius 2 is 0.846 bits per heavy atom. The molecule has 0 aromatic rings. The van der Waals surface area contributed by atoms with Crippen LogP contribution in [0.5, 0.6) is 0 Å². The number of carbonyl (C=O) groups excluding carboxylic acids is 1. The Hall–Kier alpha value is -3.10. The Morgan fingerprint density at radius 3 is 1.26 bits per heavy atom. The fraction of sp³-hybridized carbons (Fsp3) is 0.625. The number of rotatable bonds is 45. The number of quaternary nitrogens is 1. The number of phosphoric ester groups is 1. The highest BCUT2D eigenvalue weighted by Gasteiger charge is 2.26. The Morgan fingerprint density at radius 1 is 0.477 bits per heavy atom. The van der Waals surface area contributed by atoms with Crippen LogP contribution >= 0.6 is 7.82 Å². The molecule has 0 aliphatic heterocycles. The third kappa shape index (κ3) is 51.7. The number of hydrogen-bond acceptors (Lipinski definition) is 6. The van der Waals surface area contributed by atoms with Crippen LogP contribution in [0.3, 0.4) is 0 Å². The first-order valence-electron chi connectivity index (χ1n) is 25.3. The summed E-state index contributed by atoms with van der Waals surface area (Å²) < 4.78 is 35.1. The van der Waals surface area contributed by atoms with Crippen LogP contribution in [0.25, 0.3) is 0 Å². The number of esters is 1. The van der Waals surface area contributed by atoms with E-state index >= 15 is 0 Å². The molecule has 65 heavy (non-hydrogen) atoms. The minimum absolute atomic E-state index is 0.0733. The Labute approximate surface area is 399 Å². The van der Waals surface area contributed by atoms with Gasteiger partial charge < -0.3 is 18.9 Å². The second-order valence-corrected chi connectivity index (χ2v) is 18.9. The van der Waals surface area contributed by atoms with E-state index in [4.69, 9.17) is 18.5 Å². The summed E-state index contributed by atoms with van der Waals surface area (Å²) in [4.78, 5) is 23.0. The molecular weight excluding hydrogens is 830 g/mol. The van der Waals surface area contributed by atoms with Crippen molar-refractivity contribution in [1.29, 1.82) is 0 Å². The summed E-state index contributed by atoms with van der Waals surface area (Å²) in [6.45, 7) is 5.30. The predicted octanol–water partition coefficient (Wildman–Crippen LogP) is 15.7. The SMILES string of the molecule is CC/C=C\C/C=C\C/C=C\C/C=C\C/C=C\CCCCCCCCOCC(COP(=O)(O)OCC[N+](C)(C)C)OC(=O)CCCCCCC/C=C\C/C=C\C/C=C\C/C=C\C/C=C\CC. The van der Waals surface area contributed by atoms with E-state index in [1.165, 1.54) is 19.3 Å². The summed E-state index contributed by atoms with van der Waals surface area (Å²) >= 11 is 0. The number of hydrogen-bond donors (Lipinski definition) is 1. The number of allylic oxidation sites excluding steroid dienone is 20. The first-order chi connectivity index (χ1) is 31.6. The van der Waals surface area contributed by atoms with Gasteiger partial charge in [-0.3, -0.25) is 13.8 Å². The molecule has 0 bridgehead atoms. The number of phosphoric acid groups is 1. The quantitative estimate of drug-likeness (QED) is 0.0214. The zero-order valence-corrected chi connectivity index (χ0v) is 42.8. The van der Waals surface area contributed by atoms with Gasteiger partial charge in [-0.1, -0.05) is 180 Å². The second kappa shape index (κ2) is 47.4. The second-order valence-electron chi connectivity index (χ2n) is 17.4. The highest BCUT2D eigenvalue weighted by Crippen LogP contribution is 2.43. The normalized spacial score (nSPS) is 14.6. The molecule has 0 saturated heterocycles. The van der Waals surface area contributed by atoms with E-state index in [2.05, 4.69) is 135 Å². The minimum atomic E-state index is -4.30. The molecule has 2 atom stereocenters. The van der Waals surface area contributed by atoms with Crippen molar-refractivity contribution in [3.63, 3.8) is 0 Å². The first kappa shape index (κ1) is 61.9. The molecule has 0 heterocycles. The Bertz CT molecular complexity index is 1450. The van der Waals surface area contributed by atoms with Gasteiger partial charge in [-0.05, 0) is 103 Å². The predicted molar refractivity (Wildman–Crippen MR) is 279 cm³/mol. The van der Waals surface area contributed by atoms with E-state index in [9.17, 15) is 14.3 Å². The average molecular weight is 925 g/mol. The lowest BCUT2D eigenvalue weighted by Crippen LogP contribution is -2.37. The standard InChI is InChI=1S/C56H94NO7P/c1-6-8-10-12-14-16-18-20-22-24-26-28-30-32-34-36-38-40-42-44-46-48-51-61-53-55(54-63-65(59,60)62-52-50-57(3,4)5)64-56(58)49-47-45-43-41-39-37-35-33-31-29-27-25-23-21-19-17-15-13-11-9-7-2/h8-11,14-17,20-23,26-29,32-35,55H,6-7,12-13,18-19,24-25,30-31,36-54H2,1-5H3/p+1/b10-8-,11-9-,16-14-,17-15-,22-20-,23-21-,28-26-,29-27-,34-32-,35-33-. The lowest BCUT2D eigenvalue weighted by molar-refractivity contribution is -0.870. The summed E-state index contributed by atoms with van der Waals surface area (Å²) in [5.74, 6) is -0.343. The summed E-state index contributed by atoms with van der Waals surface area (Å²) in [5, 5.41) is 0. The fourth-order valence-electron chi connectivity index (χ4n) is 6.19. The molecule has 8 nitrogen and oxygen atoms in total. The van der Waals surface area contributed by atoms with Crippen molar-refractivity contribution >= 4 is 13.8 Å². The third-order valence-electron chi connectivity index (χ3n) is 10.0. The molecule has 0 fully saturated rings. The van der Waals surface area contributed by atoms with Crippen LogP contribution in [-0.4, -0.2) is 75.6 Å². The van der Waals surface area contributed by atoms with Gasteiger partial charge in [0.15, 0.2) is 0 Å². The maximum Gasteiger partial charge on any atom is 0.472 e. The lowest BCUT2D eigenvalue weighted by atomic mass is 10.1. The van der Waals surface area contributed by atoms with Crippen LogP contribution in [0, 0.1) is 0 Å². The van der Waals surface area contributed by atoms with E-state index in [1.54, 1.807) is 0 Å². The molecule has 2 unspecified atom stereocenters. The van der Waals surface area contributed by atoms with E-state index in [0.29, 0.717) is 24.1 Å². The fourth-order valence-corrected chi connectivity index (χ4v) is 6.93. The van der Waals surface area contributed by atoms with Gasteiger partial charge in [-0.15, -0.1) is 0 Å². The van der Waals surface area contributed by atoms with E-state index in [-0.39, 0.29) is 25.8 Å². The highest BCUT2D eigenvalue weighted by molar-refractivity contribution is 7.47. The summed E-state index contributed by atoms with van der Waals surface area (Å²) in [6, 6.07) is 0.